The number of nitrogens with zero attached hydrogens (tertiary/aromatic N) is 3. The number of rotatable bonds is 4. The summed E-state index contributed by atoms with van der Waals surface area (Å²) in [6.07, 6.45) is 7.87. The van der Waals surface area contributed by atoms with Gasteiger partial charge in [0.15, 0.2) is 5.82 Å². The normalized spacial score (nSPS) is 16.1. The van der Waals surface area contributed by atoms with E-state index in [4.69, 9.17) is 5.73 Å². The topological polar surface area (TPSA) is 56.7 Å². The van der Waals surface area contributed by atoms with Gasteiger partial charge >= 0.3 is 0 Å². The lowest BCUT2D eigenvalue weighted by Crippen LogP contribution is -2.08. The summed E-state index contributed by atoms with van der Waals surface area (Å²) in [6.45, 7) is 0.661. The van der Waals surface area contributed by atoms with Crippen molar-refractivity contribution >= 4 is 0 Å². The molecule has 1 saturated carbocycles. The van der Waals surface area contributed by atoms with Crippen LogP contribution in [0.2, 0.25) is 0 Å². The minimum absolute atomic E-state index is 0.566. The van der Waals surface area contributed by atoms with Crippen LogP contribution in [0.25, 0.3) is 11.4 Å². The SMILES string of the molecule is NCCc1ccccc1-c1nncn1C1CCCC1. The molecule has 0 aliphatic heterocycles. The molecule has 4 heteroatoms. The first kappa shape index (κ1) is 12.4. The molecule has 2 N–H and O–H groups in total. The molecule has 0 bridgehead atoms. The summed E-state index contributed by atoms with van der Waals surface area (Å²) in [4.78, 5) is 0. The van der Waals surface area contributed by atoms with Gasteiger partial charge in [-0.1, -0.05) is 37.1 Å². The van der Waals surface area contributed by atoms with Gasteiger partial charge in [-0.15, -0.1) is 10.2 Å². The van der Waals surface area contributed by atoms with E-state index in [1.807, 2.05) is 6.33 Å². The lowest BCUT2D eigenvalue weighted by atomic mass is 10.0. The van der Waals surface area contributed by atoms with Crippen molar-refractivity contribution in [3.05, 3.63) is 36.2 Å². The van der Waals surface area contributed by atoms with Crippen molar-refractivity contribution in [3.8, 4) is 11.4 Å². The Morgan fingerprint density at radius 2 is 2.00 bits per heavy atom. The quantitative estimate of drug-likeness (QED) is 0.914. The molecule has 19 heavy (non-hydrogen) atoms. The Kier molecular flexibility index (Phi) is 3.60. The van der Waals surface area contributed by atoms with Gasteiger partial charge in [0.25, 0.3) is 0 Å². The van der Waals surface area contributed by atoms with Crippen LogP contribution in [0.4, 0.5) is 0 Å². The third-order valence-corrected chi connectivity index (χ3v) is 3.96. The second-order valence-electron chi connectivity index (χ2n) is 5.20. The molecule has 1 aliphatic carbocycles. The second-order valence-corrected chi connectivity index (χ2v) is 5.20. The fourth-order valence-electron chi connectivity index (χ4n) is 3.00. The summed E-state index contributed by atoms with van der Waals surface area (Å²) in [6, 6.07) is 8.94. The van der Waals surface area contributed by atoms with Crippen LogP contribution in [0.3, 0.4) is 0 Å². The molecule has 4 nitrogen and oxygen atoms in total. The molecule has 1 fully saturated rings. The Hall–Kier alpha value is -1.68. The van der Waals surface area contributed by atoms with Crippen LogP contribution in [0.5, 0.6) is 0 Å². The highest BCUT2D eigenvalue weighted by molar-refractivity contribution is 5.60. The fraction of sp³-hybridized carbons (Fsp3) is 0.467. The van der Waals surface area contributed by atoms with Crippen LogP contribution in [-0.4, -0.2) is 21.3 Å². The van der Waals surface area contributed by atoms with Crippen LogP contribution in [0.1, 0.15) is 37.3 Å². The summed E-state index contributed by atoms with van der Waals surface area (Å²) in [7, 11) is 0. The zero-order valence-corrected chi connectivity index (χ0v) is 11.1. The fourth-order valence-corrected chi connectivity index (χ4v) is 3.00. The molecule has 0 radical (unpaired) electrons. The number of aromatic nitrogens is 3. The van der Waals surface area contributed by atoms with Gasteiger partial charge in [-0.05, 0) is 31.4 Å². The highest BCUT2D eigenvalue weighted by Gasteiger charge is 2.21. The molecule has 1 aromatic carbocycles. The summed E-state index contributed by atoms with van der Waals surface area (Å²) in [5.74, 6) is 0.996. The second kappa shape index (κ2) is 5.53. The van der Waals surface area contributed by atoms with Crippen molar-refractivity contribution in [1.82, 2.24) is 14.8 Å². The maximum Gasteiger partial charge on any atom is 0.164 e. The average Bonchev–Trinajstić information content (AvgIpc) is 3.10. The molecule has 1 aliphatic rings. The molecule has 3 rings (SSSR count). The Balaban J connectivity index is 2.00. The standard InChI is InChI=1S/C15H20N4/c16-10-9-12-5-1-4-8-14(12)15-18-17-11-19(15)13-6-2-3-7-13/h1,4-5,8,11,13H,2-3,6-7,9-10,16H2. The average molecular weight is 256 g/mol. The van der Waals surface area contributed by atoms with E-state index >= 15 is 0 Å². The molecule has 0 atom stereocenters. The maximum absolute atomic E-state index is 5.70. The predicted octanol–water partition coefficient (Wildman–Crippen LogP) is 2.56. The predicted molar refractivity (Wildman–Crippen MR) is 75.7 cm³/mol. The molecule has 0 unspecified atom stereocenters. The highest BCUT2D eigenvalue weighted by atomic mass is 15.3. The molecular formula is C15H20N4. The summed E-state index contributed by atoms with van der Waals surface area (Å²) in [5.41, 5.74) is 8.14. The number of nitrogens with two attached hydrogens (primary N) is 1. The van der Waals surface area contributed by atoms with Gasteiger partial charge in [-0.2, -0.15) is 0 Å². The van der Waals surface area contributed by atoms with E-state index in [0.29, 0.717) is 12.6 Å². The number of benzene rings is 1. The highest BCUT2D eigenvalue weighted by Crippen LogP contribution is 2.33. The minimum Gasteiger partial charge on any atom is -0.330 e. The largest absolute Gasteiger partial charge is 0.330 e. The smallest absolute Gasteiger partial charge is 0.164 e. The number of hydrogen-bond donors (Lipinski definition) is 1. The molecular weight excluding hydrogens is 236 g/mol. The maximum atomic E-state index is 5.70. The molecule has 1 heterocycles. The lowest BCUT2D eigenvalue weighted by Gasteiger charge is -2.15. The van der Waals surface area contributed by atoms with Gasteiger partial charge in [0.1, 0.15) is 6.33 Å². The van der Waals surface area contributed by atoms with E-state index in [1.165, 1.54) is 36.8 Å². The van der Waals surface area contributed by atoms with Gasteiger partial charge in [0, 0.05) is 11.6 Å². The van der Waals surface area contributed by atoms with E-state index in [2.05, 4.69) is 39.0 Å². The van der Waals surface area contributed by atoms with Crippen LogP contribution >= 0.6 is 0 Å². The monoisotopic (exact) mass is 256 g/mol. The van der Waals surface area contributed by atoms with E-state index in [-0.39, 0.29) is 0 Å². The van der Waals surface area contributed by atoms with Crippen LogP contribution in [0.15, 0.2) is 30.6 Å². The van der Waals surface area contributed by atoms with Crippen molar-refractivity contribution in [2.45, 2.75) is 38.1 Å². The van der Waals surface area contributed by atoms with Crippen molar-refractivity contribution in [2.75, 3.05) is 6.54 Å². The van der Waals surface area contributed by atoms with Gasteiger partial charge in [0.2, 0.25) is 0 Å². The minimum atomic E-state index is 0.566. The third kappa shape index (κ3) is 2.40. The van der Waals surface area contributed by atoms with E-state index in [1.54, 1.807) is 0 Å². The van der Waals surface area contributed by atoms with Crippen LogP contribution < -0.4 is 5.73 Å². The Bertz CT molecular complexity index is 541. The van der Waals surface area contributed by atoms with Gasteiger partial charge in [-0.25, -0.2) is 0 Å². The van der Waals surface area contributed by atoms with Gasteiger partial charge in [0.05, 0.1) is 0 Å². The Morgan fingerprint density at radius 1 is 1.21 bits per heavy atom. The van der Waals surface area contributed by atoms with Crippen molar-refractivity contribution < 1.29 is 0 Å². The molecule has 0 amide bonds. The van der Waals surface area contributed by atoms with Crippen molar-refractivity contribution in [2.24, 2.45) is 5.73 Å². The first-order chi connectivity index (χ1) is 9.40. The van der Waals surface area contributed by atoms with Crippen LogP contribution in [-0.2, 0) is 6.42 Å². The molecule has 1 aromatic heterocycles. The molecule has 0 spiro atoms. The summed E-state index contributed by atoms with van der Waals surface area (Å²) >= 11 is 0. The molecule has 100 valence electrons. The first-order valence-electron chi connectivity index (χ1n) is 7.08. The summed E-state index contributed by atoms with van der Waals surface area (Å²) < 4.78 is 2.25. The van der Waals surface area contributed by atoms with Crippen molar-refractivity contribution in [3.63, 3.8) is 0 Å². The van der Waals surface area contributed by atoms with Gasteiger partial charge in [-0.3, -0.25) is 0 Å². The summed E-state index contributed by atoms with van der Waals surface area (Å²) in [5, 5.41) is 8.47. The van der Waals surface area contributed by atoms with E-state index in [0.717, 1.165) is 12.2 Å². The van der Waals surface area contributed by atoms with Crippen LogP contribution in [0, 0.1) is 0 Å². The van der Waals surface area contributed by atoms with Crippen molar-refractivity contribution in [1.29, 1.82) is 0 Å². The Morgan fingerprint density at radius 3 is 2.79 bits per heavy atom. The van der Waals surface area contributed by atoms with E-state index in [9.17, 15) is 0 Å². The van der Waals surface area contributed by atoms with E-state index < -0.39 is 0 Å². The molecule has 0 saturated heterocycles. The lowest BCUT2D eigenvalue weighted by molar-refractivity contribution is 0.521. The zero-order valence-electron chi connectivity index (χ0n) is 11.1. The number of hydrogen-bond acceptors (Lipinski definition) is 3. The van der Waals surface area contributed by atoms with Gasteiger partial charge < -0.3 is 10.3 Å². The zero-order chi connectivity index (χ0) is 13.1. The Labute approximate surface area is 113 Å². The molecule has 2 aromatic rings. The third-order valence-electron chi connectivity index (χ3n) is 3.96. The first-order valence-corrected chi connectivity index (χ1v) is 7.08.